The Hall–Kier alpha value is -2.08. The molecule has 2 saturated heterocycles. The first kappa shape index (κ1) is 16.4. The molecule has 4 rings (SSSR count). The van der Waals surface area contributed by atoms with Crippen molar-refractivity contribution in [2.24, 2.45) is 5.92 Å². The second-order valence-corrected chi connectivity index (χ2v) is 7.26. The number of anilines is 1. The lowest BCUT2D eigenvalue weighted by atomic mass is 9.83. The molecule has 0 radical (unpaired) electrons. The van der Waals surface area contributed by atoms with Crippen molar-refractivity contribution >= 4 is 17.5 Å². The van der Waals surface area contributed by atoms with Gasteiger partial charge in [0, 0.05) is 18.2 Å². The number of rotatable bonds is 3. The Morgan fingerprint density at radius 1 is 1.24 bits per heavy atom. The van der Waals surface area contributed by atoms with E-state index in [0.717, 1.165) is 6.54 Å². The maximum Gasteiger partial charge on any atom is 0.262 e. The fraction of sp³-hybridized carbons (Fsp3) is 0.579. The number of ether oxygens (including phenoxy) is 1. The van der Waals surface area contributed by atoms with Gasteiger partial charge in [-0.2, -0.15) is 0 Å². The Morgan fingerprint density at radius 2 is 2.12 bits per heavy atom. The lowest BCUT2D eigenvalue weighted by Gasteiger charge is -2.44. The molecule has 3 heterocycles. The summed E-state index contributed by atoms with van der Waals surface area (Å²) >= 11 is 0. The average Bonchev–Trinajstić information content (AvgIpc) is 2.65. The van der Waals surface area contributed by atoms with Crippen LogP contribution in [0.5, 0.6) is 5.75 Å². The molecule has 0 spiro atoms. The second kappa shape index (κ2) is 7.04. The zero-order chi connectivity index (χ0) is 17.2. The summed E-state index contributed by atoms with van der Waals surface area (Å²) in [6, 6.07) is 5.81. The van der Waals surface area contributed by atoms with Gasteiger partial charge in [-0.1, -0.05) is 6.42 Å². The second-order valence-electron chi connectivity index (χ2n) is 7.26. The minimum absolute atomic E-state index is 0.0259. The molecule has 0 bridgehead atoms. The maximum atomic E-state index is 12.5. The number of piperidine rings is 2. The molecule has 2 N–H and O–H groups in total. The van der Waals surface area contributed by atoms with Crippen LogP contribution in [0, 0.1) is 5.92 Å². The summed E-state index contributed by atoms with van der Waals surface area (Å²) in [4.78, 5) is 26.6. The molecule has 2 fully saturated rings. The van der Waals surface area contributed by atoms with E-state index in [-0.39, 0.29) is 18.4 Å². The Labute approximate surface area is 147 Å². The van der Waals surface area contributed by atoms with E-state index >= 15 is 0 Å². The zero-order valence-corrected chi connectivity index (χ0v) is 14.4. The van der Waals surface area contributed by atoms with Crippen molar-refractivity contribution in [2.75, 3.05) is 31.6 Å². The van der Waals surface area contributed by atoms with E-state index < -0.39 is 0 Å². The zero-order valence-electron chi connectivity index (χ0n) is 14.4. The molecule has 25 heavy (non-hydrogen) atoms. The maximum absolute atomic E-state index is 12.5. The molecule has 0 aromatic heterocycles. The first-order valence-electron chi connectivity index (χ1n) is 9.29. The Morgan fingerprint density at radius 3 is 3.04 bits per heavy atom. The lowest BCUT2D eigenvalue weighted by Crippen LogP contribution is -2.51. The van der Waals surface area contributed by atoms with E-state index in [1.807, 2.05) is 0 Å². The van der Waals surface area contributed by atoms with Crippen LogP contribution in [0.3, 0.4) is 0 Å². The van der Waals surface area contributed by atoms with E-state index in [1.54, 1.807) is 18.2 Å². The Kier molecular flexibility index (Phi) is 4.61. The van der Waals surface area contributed by atoms with E-state index in [4.69, 9.17) is 4.74 Å². The summed E-state index contributed by atoms with van der Waals surface area (Å²) in [7, 11) is 0. The molecule has 3 aliphatic rings. The number of hydrogen-bond acceptors (Lipinski definition) is 4. The van der Waals surface area contributed by atoms with Gasteiger partial charge in [0.1, 0.15) is 5.75 Å². The highest BCUT2D eigenvalue weighted by Gasteiger charge is 2.33. The molecular formula is C19H25N3O3. The van der Waals surface area contributed by atoms with Gasteiger partial charge in [0.25, 0.3) is 11.8 Å². The van der Waals surface area contributed by atoms with Crippen molar-refractivity contribution in [3.05, 3.63) is 23.8 Å². The number of fused-ring (bicyclic) bond motifs is 2. The fourth-order valence-electron chi connectivity index (χ4n) is 4.37. The molecule has 6 nitrogen and oxygen atoms in total. The fourth-order valence-corrected chi connectivity index (χ4v) is 4.37. The molecule has 2 amide bonds. The van der Waals surface area contributed by atoms with Gasteiger partial charge in [0.15, 0.2) is 6.61 Å². The first-order chi connectivity index (χ1) is 12.2. The van der Waals surface area contributed by atoms with Crippen LogP contribution in [0.1, 0.15) is 42.5 Å². The largest absolute Gasteiger partial charge is 0.482 e. The molecule has 1 aromatic rings. The number of nitrogens with zero attached hydrogens (tertiary/aromatic N) is 1. The van der Waals surface area contributed by atoms with Gasteiger partial charge in [-0.25, -0.2) is 0 Å². The van der Waals surface area contributed by atoms with Crippen LogP contribution in [0.4, 0.5) is 5.69 Å². The molecule has 0 aliphatic carbocycles. The van der Waals surface area contributed by atoms with Gasteiger partial charge in [-0.05, 0) is 62.9 Å². The number of hydrogen-bond donors (Lipinski definition) is 2. The topological polar surface area (TPSA) is 70.7 Å². The molecule has 0 unspecified atom stereocenters. The van der Waals surface area contributed by atoms with Crippen molar-refractivity contribution in [2.45, 2.75) is 38.1 Å². The van der Waals surface area contributed by atoms with E-state index in [2.05, 4.69) is 15.5 Å². The Bertz CT molecular complexity index is 674. The summed E-state index contributed by atoms with van der Waals surface area (Å²) in [5.74, 6) is 0.875. The molecule has 1 aromatic carbocycles. The molecule has 3 aliphatic heterocycles. The van der Waals surface area contributed by atoms with E-state index in [1.165, 1.54) is 45.2 Å². The highest BCUT2D eigenvalue weighted by molar-refractivity contribution is 5.99. The molecule has 2 atom stereocenters. The third kappa shape index (κ3) is 3.49. The van der Waals surface area contributed by atoms with Gasteiger partial charge in [0.05, 0.1) is 5.69 Å². The predicted octanol–water partition coefficient (Wildman–Crippen LogP) is 2.01. The van der Waals surface area contributed by atoms with Crippen LogP contribution in [0.2, 0.25) is 0 Å². The first-order valence-corrected chi connectivity index (χ1v) is 9.29. The average molecular weight is 343 g/mol. The highest BCUT2D eigenvalue weighted by atomic mass is 16.5. The van der Waals surface area contributed by atoms with Crippen LogP contribution >= 0.6 is 0 Å². The predicted molar refractivity (Wildman–Crippen MR) is 94.8 cm³/mol. The smallest absolute Gasteiger partial charge is 0.262 e. The standard InChI is InChI=1S/C19H25N3O3/c23-18-12-25-17-7-6-13(10-15(17)21-18)19(24)20-11-14-4-3-9-22-8-2-1-5-16(14)22/h6-7,10,14,16H,1-5,8-9,11-12H2,(H,20,24)(H,21,23)/t14-,16+/m0/s1. The van der Waals surface area contributed by atoms with Crippen LogP contribution < -0.4 is 15.4 Å². The van der Waals surface area contributed by atoms with Crippen molar-refractivity contribution in [1.29, 1.82) is 0 Å². The summed E-state index contributed by atoms with van der Waals surface area (Å²) in [5.41, 5.74) is 1.13. The lowest BCUT2D eigenvalue weighted by molar-refractivity contribution is -0.118. The van der Waals surface area contributed by atoms with Gasteiger partial charge in [-0.15, -0.1) is 0 Å². The van der Waals surface area contributed by atoms with Crippen molar-refractivity contribution in [1.82, 2.24) is 10.2 Å². The van der Waals surface area contributed by atoms with Gasteiger partial charge in [-0.3, -0.25) is 9.59 Å². The number of nitrogens with one attached hydrogen (secondary N) is 2. The van der Waals surface area contributed by atoms with Gasteiger partial charge in [0.2, 0.25) is 0 Å². The summed E-state index contributed by atoms with van der Waals surface area (Å²) in [5, 5.41) is 5.85. The van der Waals surface area contributed by atoms with Crippen LogP contribution in [0.25, 0.3) is 0 Å². The van der Waals surface area contributed by atoms with Gasteiger partial charge < -0.3 is 20.3 Å². The third-order valence-corrected chi connectivity index (χ3v) is 5.63. The quantitative estimate of drug-likeness (QED) is 0.881. The Balaban J connectivity index is 1.39. The number of carbonyl (C=O) groups is 2. The number of carbonyl (C=O) groups excluding carboxylic acids is 2. The summed E-state index contributed by atoms with van der Waals surface area (Å²) in [6.45, 7) is 3.16. The van der Waals surface area contributed by atoms with Crippen molar-refractivity contribution < 1.29 is 14.3 Å². The minimum Gasteiger partial charge on any atom is -0.482 e. The monoisotopic (exact) mass is 343 g/mol. The van der Waals surface area contributed by atoms with E-state index in [9.17, 15) is 9.59 Å². The summed E-state index contributed by atoms with van der Waals surface area (Å²) < 4.78 is 5.34. The third-order valence-electron chi connectivity index (χ3n) is 5.63. The van der Waals surface area contributed by atoms with Crippen LogP contribution in [-0.2, 0) is 4.79 Å². The molecule has 6 heteroatoms. The molecule has 0 saturated carbocycles. The van der Waals surface area contributed by atoms with E-state index in [0.29, 0.717) is 29.0 Å². The SMILES string of the molecule is O=C1COc2ccc(C(=O)NC[C@@H]3CCCN4CCCC[C@H]34)cc2N1. The molecule has 134 valence electrons. The number of amides is 2. The molecular weight excluding hydrogens is 318 g/mol. The number of benzene rings is 1. The van der Waals surface area contributed by atoms with Crippen LogP contribution in [0.15, 0.2) is 18.2 Å². The summed E-state index contributed by atoms with van der Waals surface area (Å²) in [6.07, 6.45) is 6.27. The van der Waals surface area contributed by atoms with Gasteiger partial charge >= 0.3 is 0 Å². The van der Waals surface area contributed by atoms with Crippen molar-refractivity contribution in [3.63, 3.8) is 0 Å². The normalized spacial score (nSPS) is 26.0. The minimum atomic E-state index is -0.190. The van der Waals surface area contributed by atoms with Crippen LogP contribution in [-0.4, -0.2) is 49.0 Å². The van der Waals surface area contributed by atoms with Crippen molar-refractivity contribution in [3.8, 4) is 5.75 Å². The highest BCUT2D eigenvalue weighted by Crippen LogP contribution is 2.31.